The number of hydrogen-bond donors (Lipinski definition) is 3. The first-order valence-corrected chi connectivity index (χ1v) is 6.88. The number of amides is 1. The van der Waals surface area contributed by atoms with Crippen LogP contribution in [0.3, 0.4) is 0 Å². The summed E-state index contributed by atoms with van der Waals surface area (Å²) in [6, 6.07) is 0. The topological polar surface area (TPSA) is 103 Å². The van der Waals surface area contributed by atoms with Gasteiger partial charge in [0.1, 0.15) is 10.7 Å². The van der Waals surface area contributed by atoms with E-state index in [2.05, 4.69) is 4.98 Å². The highest BCUT2D eigenvalue weighted by Crippen LogP contribution is 2.29. The molecule has 1 amide bonds. The second-order valence-electron chi connectivity index (χ2n) is 4.57. The van der Waals surface area contributed by atoms with Crippen LogP contribution in [0.2, 0.25) is 0 Å². The summed E-state index contributed by atoms with van der Waals surface area (Å²) in [4.78, 5) is 20.1. The minimum Gasteiger partial charge on any atom is -0.388 e. The van der Waals surface area contributed by atoms with Crippen LogP contribution in [0.4, 0.5) is 10.9 Å². The molecule has 0 saturated carbocycles. The SMILES string of the molecule is CCN(C)c1nc(N)c(C(=O)N2CC(O)C(O)C2)s1. The van der Waals surface area contributed by atoms with Gasteiger partial charge in [-0.3, -0.25) is 4.79 Å². The summed E-state index contributed by atoms with van der Waals surface area (Å²) in [7, 11) is 1.87. The zero-order valence-corrected chi connectivity index (χ0v) is 11.7. The lowest BCUT2D eigenvalue weighted by Gasteiger charge is -2.14. The first-order chi connectivity index (χ1) is 8.93. The third kappa shape index (κ3) is 2.65. The molecule has 0 radical (unpaired) electrons. The summed E-state index contributed by atoms with van der Waals surface area (Å²) in [5, 5.41) is 19.6. The van der Waals surface area contributed by atoms with Gasteiger partial charge in [0.15, 0.2) is 5.13 Å². The number of carbonyl (C=O) groups is 1. The molecule has 2 rings (SSSR count). The molecule has 4 N–H and O–H groups in total. The highest BCUT2D eigenvalue weighted by molar-refractivity contribution is 7.18. The Labute approximate surface area is 115 Å². The van der Waals surface area contributed by atoms with Crippen molar-refractivity contribution in [1.82, 2.24) is 9.88 Å². The van der Waals surface area contributed by atoms with Crippen LogP contribution in [0.25, 0.3) is 0 Å². The normalized spacial score (nSPS) is 22.8. The summed E-state index contributed by atoms with van der Waals surface area (Å²) in [5.74, 6) is -0.0949. The number of aliphatic hydroxyl groups excluding tert-OH is 2. The lowest BCUT2D eigenvalue weighted by molar-refractivity contribution is 0.0572. The number of nitrogen functional groups attached to an aromatic ring is 1. The van der Waals surface area contributed by atoms with Crippen LogP contribution in [0.1, 0.15) is 16.6 Å². The Morgan fingerprint density at radius 3 is 2.63 bits per heavy atom. The number of thiazole rings is 1. The molecule has 1 fully saturated rings. The average molecular weight is 286 g/mol. The number of aliphatic hydroxyl groups is 2. The van der Waals surface area contributed by atoms with Crippen molar-refractivity contribution in [3.63, 3.8) is 0 Å². The van der Waals surface area contributed by atoms with E-state index in [1.54, 1.807) is 0 Å². The lowest BCUT2D eigenvalue weighted by Crippen LogP contribution is -2.29. The first-order valence-electron chi connectivity index (χ1n) is 6.06. The molecule has 1 aromatic heterocycles. The molecule has 0 bridgehead atoms. The molecule has 2 atom stereocenters. The smallest absolute Gasteiger partial charge is 0.268 e. The monoisotopic (exact) mass is 286 g/mol. The minimum atomic E-state index is -0.893. The van der Waals surface area contributed by atoms with Crippen LogP contribution < -0.4 is 10.6 Å². The Balaban J connectivity index is 2.18. The quantitative estimate of drug-likeness (QED) is 0.683. The van der Waals surface area contributed by atoms with Crippen molar-refractivity contribution >= 4 is 28.2 Å². The molecular formula is C11H18N4O3S. The summed E-state index contributed by atoms with van der Waals surface area (Å²) in [6.45, 7) is 2.99. The number of hydrogen-bond acceptors (Lipinski definition) is 7. The van der Waals surface area contributed by atoms with Crippen LogP contribution in [-0.4, -0.2) is 64.9 Å². The van der Waals surface area contributed by atoms with Crippen molar-refractivity contribution in [3.8, 4) is 0 Å². The van der Waals surface area contributed by atoms with Crippen LogP contribution in [0.15, 0.2) is 0 Å². The fourth-order valence-electron chi connectivity index (χ4n) is 1.85. The van der Waals surface area contributed by atoms with Gasteiger partial charge in [0.2, 0.25) is 0 Å². The third-order valence-corrected chi connectivity index (χ3v) is 4.36. The van der Waals surface area contributed by atoms with Crippen molar-refractivity contribution in [2.45, 2.75) is 19.1 Å². The van der Waals surface area contributed by atoms with Crippen LogP contribution in [0, 0.1) is 0 Å². The zero-order valence-electron chi connectivity index (χ0n) is 10.9. The summed E-state index contributed by atoms with van der Waals surface area (Å²) in [5.41, 5.74) is 5.77. The Bertz CT molecular complexity index is 469. The number of anilines is 2. The predicted octanol–water partition coefficient (Wildman–Crippen LogP) is -0.641. The second-order valence-corrected chi connectivity index (χ2v) is 5.55. The van der Waals surface area contributed by atoms with Crippen LogP contribution in [-0.2, 0) is 0 Å². The Morgan fingerprint density at radius 2 is 2.11 bits per heavy atom. The molecule has 7 nitrogen and oxygen atoms in total. The van der Waals surface area contributed by atoms with Crippen molar-refractivity contribution in [2.24, 2.45) is 0 Å². The van der Waals surface area contributed by atoms with Gasteiger partial charge in [-0.15, -0.1) is 0 Å². The van der Waals surface area contributed by atoms with E-state index in [1.165, 1.54) is 16.2 Å². The van der Waals surface area contributed by atoms with Gasteiger partial charge in [-0.1, -0.05) is 11.3 Å². The van der Waals surface area contributed by atoms with Crippen molar-refractivity contribution in [1.29, 1.82) is 0 Å². The van der Waals surface area contributed by atoms with E-state index in [0.717, 1.165) is 6.54 Å². The van der Waals surface area contributed by atoms with Gasteiger partial charge in [0, 0.05) is 26.7 Å². The van der Waals surface area contributed by atoms with E-state index in [0.29, 0.717) is 10.0 Å². The molecule has 0 aliphatic carbocycles. The van der Waals surface area contributed by atoms with E-state index in [4.69, 9.17) is 5.73 Å². The number of nitrogens with zero attached hydrogens (tertiary/aromatic N) is 3. The maximum Gasteiger partial charge on any atom is 0.268 e. The van der Waals surface area contributed by atoms with Crippen molar-refractivity contribution < 1.29 is 15.0 Å². The summed E-state index contributed by atoms with van der Waals surface area (Å²) in [6.07, 6.45) is -1.79. The highest BCUT2D eigenvalue weighted by atomic mass is 32.1. The highest BCUT2D eigenvalue weighted by Gasteiger charge is 2.34. The van der Waals surface area contributed by atoms with E-state index >= 15 is 0 Å². The average Bonchev–Trinajstić information content (AvgIpc) is 2.92. The van der Waals surface area contributed by atoms with Crippen molar-refractivity contribution in [2.75, 3.05) is 37.3 Å². The van der Waals surface area contributed by atoms with Gasteiger partial charge in [0.05, 0.1) is 12.2 Å². The van der Waals surface area contributed by atoms with Gasteiger partial charge in [0.25, 0.3) is 5.91 Å². The molecule has 2 heterocycles. The number of likely N-dealkylation sites (tertiary alicyclic amines) is 1. The second kappa shape index (κ2) is 5.32. The van der Waals surface area contributed by atoms with E-state index in [1.807, 2.05) is 18.9 Å². The molecule has 1 aliphatic rings. The first kappa shape index (κ1) is 14.0. The fraction of sp³-hybridized carbons (Fsp3) is 0.636. The molecule has 0 aromatic carbocycles. The molecule has 1 saturated heterocycles. The molecule has 0 spiro atoms. The molecular weight excluding hydrogens is 268 g/mol. The Hall–Kier alpha value is -1.38. The fourth-order valence-corrected chi connectivity index (χ4v) is 2.83. The largest absolute Gasteiger partial charge is 0.388 e. The third-order valence-electron chi connectivity index (χ3n) is 3.18. The van der Waals surface area contributed by atoms with Crippen LogP contribution >= 0.6 is 11.3 Å². The lowest BCUT2D eigenvalue weighted by atomic mass is 10.3. The van der Waals surface area contributed by atoms with E-state index < -0.39 is 12.2 Å². The van der Waals surface area contributed by atoms with Gasteiger partial charge in [-0.05, 0) is 6.92 Å². The Morgan fingerprint density at radius 1 is 1.53 bits per heavy atom. The maximum atomic E-state index is 12.3. The molecule has 1 aromatic rings. The van der Waals surface area contributed by atoms with Crippen LogP contribution in [0.5, 0.6) is 0 Å². The van der Waals surface area contributed by atoms with Crippen molar-refractivity contribution in [3.05, 3.63) is 4.88 Å². The molecule has 2 unspecified atom stereocenters. The van der Waals surface area contributed by atoms with E-state index in [-0.39, 0.29) is 24.8 Å². The molecule has 8 heteroatoms. The predicted molar refractivity (Wildman–Crippen MR) is 73.4 cm³/mol. The summed E-state index contributed by atoms with van der Waals surface area (Å²) >= 11 is 1.22. The molecule has 106 valence electrons. The summed E-state index contributed by atoms with van der Waals surface area (Å²) < 4.78 is 0. The molecule has 1 aliphatic heterocycles. The van der Waals surface area contributed by atoms with Gasteiger partial charge >= 0.3 is 0 Å². The van der Waals surface area contributed by atoms with E-state index in [9.17, 15) is 15.0 Å². The number of rotatable bonds is 3. The van der Waals surface area contributed by atoms with Gasteiger partial charge in [-0.25, -0.2) is 4.98 Å². The standard InChI is InChI=1S/C11H18N4O3S/c1-3-14(2)11-13-9(12)8(19-11)10(18)15-4-6(16)7(17)5-15/h6-7,16-17H,3-5,12H2,1-2H3. The Kier molecular flexibility index (Phi) is 3.93. The minimum absolute atomic E-state index is 0.121. The number of β-amino-alcohol motifs (C(OH)–C–C–N with tert-alkyl or cyclic N) is 2. The molecule has 19 heavy (non-hydrogen) atoms. The van der Waals surface area contributed by atoms with Gasteiger partial charge in [-0.2, -0.15) is 0 Å². The number of nitrogens with two attached hydrogens (primary N) is 1. The number of aromatic nitrogens is 1. The van der Waals surface area contributed by atoms with Gasteiger partial charge < -0.3 is 25.7 Å². The maximum absolute atomic E-state index is 12.3. The number of carbonyl (C=O) groups excluding carboxylic acids is 1. The zero-order chi connectivity index (χ0) is 14.2.